The second kappa shape index (κ2) is 9.54. The van der Waals surface area contributed by atoms with Gasteiger partial charge >= 0.3 is 0 Å². The van der Waals surface area contributed by atoms with Gasteiger partial charge in [0.2, 0.25) is 11.8 Å². The van der Waals surface area contributed by atoms with E-state index in [1.807, 2.05) is 25.5 Å². The van der Waals surface area contributed by atoms with E-state index in [1.165, 1.54) is 17.8 Å². The zero-order chi connectivity index (χ0) is 20.1. The number of carbonyl (C=O) groups excluding carboxylic acids is 2. The van der Waals surface area contributed by atoms with Crippen LogP contribution in [0, 0.1) is 5.82 Å². The quantitative estimate of drug-likeness (QED) is 0.721. The van der Waals surface area contributed by atoms with Crippen LogP contribution in [0.2, 0.25) is 0 Å². The molecule has 0 unspecified atom stereocenters. The molecule has 2 N–H and O–H groups in total. The van der Waals surface area contributed by atoms with Gasteiger partial charge < -0.3 is 15.5 Å². The van der Waals surface area contributed by atoms with Crippen molar-refractivity contribution in [3.63, 3.8) is 0 Å². The Balaban J connectivity index is 1.52. The summed E-state index contributed by atoms with van der Waals surface area (Å²) >= 11 is 3.02. The van der Waals surface area contributed by atoms with Crippen LogP contribution >= 0.6 is 23.1 Å². The topological polar surface area (TPSA) is 61.4 Å². The molecule has 0 saturated carbocycles. The Hall–Kier alpha value is -1.90. The lowest BCUT2D eigenvalue weighted by atomic mass is 10.1. The van der Waals surface area contributed by atoms with Crippen LogP contribution in [-0.2, 0) is 16.0 Å². The van der Waals surface area contributed by atoms with E-state index >= 15 is 0 Å². The summed E-state index contributed by atoms with van der Waals surface area (Å²) in [5.41, 5.74) is 1.67. The first-order valence-corrected chi connectivity index (χ1v) is 11.1. The van der Waals surface area contributed by atoms with E-state index in [2.05, 4.69) is 20.9 Å². The first-order chi connectivity index (χ1) is 13.5. The normalized spacial score (nSPS) is 20.6. The fourth-order valence-corrected chi connectivity index (χ4v) is 5.02. The van der Waals surface area contributed by atoms with Crippen molar-refractivity contribution in [1.29, 1.82) is 0 Å². The monoisotopic (exact) mass is 421 g/mol. The molecule has 1 aliphatic rings. The Morgan fingerprint density at radius 2 is 2.14 bits per heavy atom. The lowest BCUT2D eigenvalue weighted by Crippen LogP contribution is -2.55. The first-order valence-electron chi connectivity index (χ1n) is 9.07. The molecule has 5 nitrogen and oxygen atoms in total. The summed E-state index contributed by atoms with van der Waals surface area (Å²) in [7, 11) is 3.94. The number of thioether (sulfide) groups is 1. The first kappa shape index (κ1) is 20.8. The van der Waals surface area contributed by atoms with Crippen LogP contribution in [0.5, 0.6) is 0 Å². The average Bonchev–Trinajstić information content (AvgIpc) is 3.19. The molecule has 150 valence electrons. The highest BCUT2D eigenvalue weighted by Crippen LogP contribution is 2.24. The molecule has 1 saturated heterocycles. The van der Waals surface area contributed by atoms with Crippen molar-refractivity contribution in [1.82, 2.24) is 15.5 Å². The maximum Gasteiger partial charge on any atom is 0.243 e. The molecule has 1 fully saturated rings. The van der Waals surface area contributed by atoms with Gasteiger partial charge in [-0.3, -0.25) is 9.59 Å². The Morgan fingerprint density at radius 3 is 2.79 bits per heavy atom. The van der Waals surface area contributed by atoms with Crippen LogP contribution in [0.15, 0.2) is 41.1 Å². The summed E-state index contributed by atoms with van der Waals surface area (Å²) in [5, 5.41) is 9.44. The van der Waals surface area contributed by atoms with E-state index in [0.717, 1.165) is 5.56 Å². The molecule has 3 rings (SSSR count). The highest BCUT2D eigenvalue weighted by atomic mass is 32.2. The van der Waals surface area contributed by atoms with Crippen LogP contribution in [0.4, 0.5) is 4.39 Å². The summed E-state index contributed by atoms with van der Waals surface area (Å²) < 4.78 is 13.8. The van der Waals surface area contributed by atoms with E-state index in [4.69, 9.17) is 0 Å². The number of nitrogens with one attached hydrogen (secondary N) is 2. The van der Waals surface area contributed by atoms with Crippen molar-refractivity contribution >= 4 is 34.9 Å². The van der Waals surface area contributed by atoms with Gasteiger partial charge in [0.1, 0.15) is 11.9 Å². The molecule has 1 aromatic carbocycles. The molecule has 3 atom stereocenters. The molecule has 2 amide bonds. The van der Waals surface area contributed by atoms with Crippen molar-refractivity contribution in [2.24, 2.45) is 0 Å². The van der Waals surface area contributed by atoms with Crippen LogP contribution < -0.4 is 10.6 Å². The third-order valence-electron chi connectivity index (χ3n) is 4.77. The number of likely N-dealkylation sites (N-methyl/N-ethyl adjacent to an activating group) is 1. The SMILES string of the molecule is CN(C)[C@H](CNC(=O)[C@@H]1CS[C@H](Cc2ccccc2F)C(=O)N1)c1ccsc1. The predicted octanol–water partition coefficient (Wildman–Crippen LogP) is 2.45. The molecular formula is C20H24FN3O2S2. The number of benzene rings is 1. The predicted molar refractivity (Wildman–Crippen MR) is 112 cm³/mol. The Morgan fingerprint density at radius 1 is 1.36 bits per heavy atom. The van der Waals surface area contributed by atoms with Gasteiger partial charge in [-0.25, -0.2) is 4.39 Å². The maximum absolute atomic E-state index is 13.8. The van der Waals surface area contributed by atoms with Gasteiger partial charge in [0, 0.05) is 12.3 Å². The molecule has 0 bridgehead atoms. The summed E-state index contributed by atoms with van der Waals surface area (Å²) in [6, 6.07) is 8.03. The zero-order valence-corrected chi connectivity index (χ0v) is 17.5. The molecule has 2 aromatic rings. The number of carbonyl (C=O) groups is 2. The minimum atomic E-state index is -0.570. The van der Waals surface area contributed by atoms with Crippen molar-refractivity contribution in [2.45, 2.75) is 23.8 Å². The second-order valence-corrected chi connectivity index (χ2v) is 8.98. The second-order valence-electron chi connectivity index (χ2n) is 6.96. The zero-order valence-electron chi connectivity index (χ0n) is 15.9. The highest BCUT2D eigenvalue weighted by molar-refractivity contribution is 8.00. The van der Waals surface area contributed by atoms with Crippen molar-refractivity contribution < 1.29 is 14.0 Å². The molecule has 1 aromatic heterocycles. The van der Waals surface area contributed by atoms with Gasteiger partial charge in [-0.1, -0.05) is 18.2 Å². The molecule has 0 spiro atoms. The maximum atomic E-state index is 13.8. The van der Waals surface area contributed by atoms with Crippen molar-refractivity contribution in [3.05, 3.63) is 58.0 Å². The summed E-state index contributed by atoms with van der Waals surface area (Å²) in [6.07, 6.45) is 0.318. The summed E-state index contributed by atoms with van der Waals surface area (Å²) in [6.45, 7) is 0.470. The molecule has 0 radical (unpaired) electrons. The van der Waals surface area contributed by atoms with Gasteiger partial charge in [0.05, 0.1) is 11.3 Å². The number of hydrogen-bond donors (Lipinski definition) is 2. The van der Waals surface area contributed by atoms with Crippen LogP contribution in [-0.4, -0.2) is 54.4 Å². The van der Waals surface area contributed by atoms with E-state index in [-0.39, 0.29) is 28.9 Å². The minimum absolute atomic E-state index is 0.0796. The van der Waals surface area contributed by atoms with Crippen LogP contribution in [0.1, 0.15) is 17.2 Å². The molecule has 0 aliphatic carbocycles. The molecule has 2 heterocycles. The van der Waals surface area contributed by atoms with Crippen molar-refractivity contribution in [3.8, 4) is 0 Å². The largest absolute Gasteiger partial charge is 0.352 e. The highest BCUT2D eigenvalue weighted by Gasteiger charge is 2.33. The molecular weight excluding hydrogens is 397 g/mol. The lowest BCUT2D eigenvalue weighted by Gasteiger charge is -2.29. The number of rotatable bonds is 7. The number of amides is 2. The van der Waals surface area contributed by atoms with Gasteiger partial charge in [-0.15, -0.1) is 11.8 Å². The standard InChI is InChI=1S/C20H24FN3O2S2/c1-24(2)17(14-7-8-27-11-14)10-22-19(25)16-12-28-18(20(26)23-16)9-13-5-3-4-6-15(13)21/h3-8,11,16-18H,9-10,12H2,1-2H3,(H,22,25)(H,23,26)/t16-,17+,18+/m0/s1. The molecule has 1 aliphatic heterocycles. The van der Waals surface area contributed by atoms with Gasteiger partial charge in [-0.2, -0.15) is 11.3 Å². The van der Waals surface area contributed by atoms with E-state index in [9.17, 15) is 14.0 Å². The van der Waals surface area contributed by atoms with E-state index in [0.29, 0.717) is 24.3 Å². The number of nitrogens with zero attached hydrogens (tertiary/aromatic N) is 1. The lowest BCUT2D eigenvalue weighted by molar-refractivity contribution is -0.128. The van der Waals surface area contributed by atoms with Crippen LogP contribution in [0.25, 0.3) is 0 Å². The van der Waals surface area contributed by atoms with Gasteiger partial charge in [0.15, 0.2) is 0 Å². The fraction of sp³-hybridized carbons (Fsp3) is 0.400. The smallest absolute Gasteiger partial charge is 0.243 e. The van der Waals surface area contributed by atoms with Crippen molar-refractivity contribution in [2.75, 3.05) is 26.4 Å². The third-order valence-corrected chi connectivity index (χ3v) is 6.78. The molecule has 28 heavy (non-hydrogen) atoms. The summed E-state index contributed by atoms with van der Waals surface area (Å²) in [4.78, 5) is 27.0. The Kier molecular flexibility index (Phi) is 7.09. The van der Waals surface area contributed by atoms with E-state index in [1.54, 1.807) is 29.5 Å². The fourth-order valence-electron chi connectivity index (χ4n) is 3.13. The van der Waals surface area contributed by atoms with E-state index < -0.39 is 6.04 Å². The number of hydrogen-bond acceptors (Lipinski definition) is 5. The van der Waals surface area contributed by atoms with Gasteiger partial charge in [0.25, 0.3) is 0 Å². The molecule has 8 heteroatoms. The average molecular weight is 422 g/mol. The third kappa shape index (κ3) is 5.12. The number of halogens is 1. The Bertz CT molecular complexity index is 814. The number of thiophene rings is 1. The van der Waals surface area contributed by atoms with Gasteiger partial charge in [-0.05, 0) is 54.5 Å². The summed E-state index contributed by atoms with van der Waals surface area (Å²) in [5.74, 6) is -0.241. The minimum Gasteiger partial charge on any atom is -0.352 e. The van der Waals surface area contributed by atoms with Crippen LogP contribution in [0.3, 0.4) is 0 Å². The Labute approximate surface area is 172 Å².